The summed E-state index contributed by atoms with van der Waals surface area (Å²) in [5.74, 6) is 1.73. The lowest BCUT2D eigenvalue weighted by atomic mass is 10.1. The molecule has 0 unspecified atom stereocenters. The summed E-state index contributed by atoms with van der Waals surface area (Å²) in [7, 11) is 10.2. The van der Waals surface area contributed by atoms with Crippen molar-refractivity contribution in [1.82, 2.24) is 20.4 Å². The van der Waals surface area contributed by atoms with E-state index in [9.17, 15) is 0 Å². The van der Waals surface area contributed by atoms with Gasteiger partial charge in [0.2, 0.25) is 0 Å². The van der Waals surface area contributed by atoms with Crippen molar-refractivity contribution in [3.05, 3.63) is 59.2 Å². The van der Waals surface area contributed by atoms with Gasteiger partial charge in [0.05, 0.1) is 13.7 Å². The third-order valence-electron chi connectivity index (χ3n) is 6.42. The number of unbranched alkanes of at least 4 members (excludes halogenated alkanes) is 3. The highest BCUT2D eigenvalue weighted by molar-refractivity contribution is 5.49. The van der Waals surface area contributed by atoms with Crippen LogP contribution >= 0.6 is 0 Å². The second-order valence-corrected chi connectivity index (χ2v) is 10.5. The van der Waals surface area contributed by atoms with Crippen molar-refractivity contribution in [3.8, 4) is 11.5 Å². The molecule has 0 amide bonds. The zero-order valence-corrected chi connectivity index (χ0v) is 24.2. The topological polar surface area (TPSA) is 49.0 Å². The first kappa shape index (κ1) is 31.1. The zero-order chi connectivity index (χ0) is 26.7. The Morgan fingerprint density at radius 3 is 2.00 bits per heavy atom. The van der Waals surface area contributed by atoms with Gasteiger partial charge in [-0.3, -0.25) is 0 Å². The van der Waals surface area contributed by atoms with Gasteiger partial charge < -0.3 is 29.9 Å². The molecule has 2 aromatic carbocycles. The van der Waals surface area contributed by atoms with Crippen LogP contribution in [0.5, 0.6) is 11.5 Å². The van der Waals surface area contributed by atoms with E-state index in [0.717, 1.165) is 83.1 Å². The fraction of sp³-hybridized carbons (Fsp3) is 0.613. The summed E-state index contributed by atoms with van der Waals surface area (Å²) in [5.41, 5.74) is 3.84. The summed E-state index contributed by atoms with van der Waals surface area (Å²) in [6.07, 6.45) is 8.11. The Labute approximate surface area is 226 Å². The van der Waals surface area contributed by atoms with Gasteiger partial charge in [-0.05, 0) is 110 Å². The minimum absolute atomic E-state index is 0.720. The Morgan fingerprint density at radius 2 is 1.35 bits per heavy atom. The van der Waals surface area contributed by atoms with E-state index in [0.29, 0.717) is 0 Å². The molecular formula is C31H52N4O2. The fourth-order valence-electron chi connectivity index (χ4n) is 4.37. The molecule has 0 heterocycles. The highest BCUT2D eigenvalue weighted by Crippen LogP contribution is 2.33. The molecule has 2 N–H and O–H groups in total. The third kappa shape index (κ3) is 13.8. The van der Waals surface area contributed by atoms with Gasteiger partial charge >= 0.3 is 0 Å². The minimum atomic E-state index is 0.720. The Morgan fingerprint density at radius 1 is 0.703 bits per heavy atom. The number of nitrogens with zero attached hydrogens (tertiary/aromatic N) is 2. The Kier molecular flexibility index (Phi) is 16.0. The second kappa shape index (κ2) is 19.0. The molecule has 0 aromatic heterocycles. The minimum Gasteiger partial charge on any atom is -0.493 e. The molecule has 0 aliphatic rings. The van der Waals surface area contributed by atoms with Crippen molar-refractivity contribution >= 4 is 0 Å². The lowest BCUT2D eigenvalue weighted by Crippen LogP contribution is -2.22. The number of ether oxygens (including phenoxy) is 2. The smallest absolute Gasteiger partial charge is 0.165 e. The van der Waals surface area contributed by atoms with E-state index in [1.54, 1.807) is 7.11 Å². The third-order valence-corrected chi connectivity index (χ3v) is 6.42. The highest BCUT2D eigenvalue weighted by atomic mass is 16.5. The molecule has 0 fully saturated rings. The molecule has 0 aliphatic heterocycles. The molecule has 0 atom stereocenters. The average Bonchev–Trinajstić information content (AvgIpc) is 2.88. The van der Waals surface area contributed by atoms with Gasteiger partial charge in [0.25, 0.3) is 0 Å². The standard InChI is InChI=1S/C31H52N4O2/c1-34(2)20-13-18-32-25-28-23-29(26-33-19-14-21-35(3)4)31(30(24-28)36-5)37-22-12-7-6-9-15-27-16-10-8-11-17-27/h8,10-11,16-17,23-24,32-33H,6-7,9,12-15,18-22,25-26H2,1-5H3. The fourth-order valence-corrected chi connectivity index (χ4v) is 4.37. The van der Waals surface area contributed by atoms with Gasteiger partial charge in [-0.15, -0.1) is 0 Å². The first-order valence-electron chi connectivity index (χ1n) is 14.1. The van der Waals surface area contributed by atoms with Gasteiger partial charge in [-0.1, -0.05) is 43.2 Å². The summed E-state index contributed by atoms with van der Waals surface area (Å²) in [4.78, 5) is 4.45. The van der Waals surface area contributed by atoms with Gasteiger partial charge in [0, 0.05) is 18.7 Å². The van der Waals surface area contributed by atoms with Gasteiger partial charge in [0.1, 0.15) is 0 Å². The van der Waals surface area contributed by atoms with Crippen LogP contribution in [0.1, 0.15) is 55.2 Å². The second-order valence-electron chi connectivity index (χ2n) is 10.5. The summed E-state index contributed by atoms with van der Waals surface area (Å²) < 4.78 is 12.1. The number of benzene rings is 2. The largest absolute Gasteiger partial charge is 0.493 e. The van der Waals surface area contributed by atoms with Crippen LogP contribution in [-0.4, -0.2) is 77.9 Å². The quantitative estimate of drug-likeness (QED) is 0.231. The van der Waals surface area contributed by atoms with Gasteiger partial charge in [-0.25, -0.2) is 0 Å². The lowest BCUT2D eigenvalue weighted by Gasteiger charge is -2.18. The Balaban J connectivity index is 1.88. The number of rotatable bonds is 21. The molecule has 0 radical (unpaired) electrons. The molecule has 2 rings (SSSR count). The Hall–Kier alpha value is -2.12. The van der Waals surface area contributed by atoms with Crippen LogP contribution in [0.4, 0.5) is 0 Å². The van der Waals surface area contributed by atoms with Crippen molar-refractivity contribution in [2.24, 2.45) is 0 Å². The van der Waals surface area contributed by atoms with E-state index in [1.165, 1.54) is 36.0 Å². The molecule has 0 saturated carbocycles. The van der Waals surface area contributed by atoms with Crippen LogP contribution in [0.15, 0.2) is 42.5 Å². The normalized spacial score (nSPS) is 11.4. The first-order chi connectivity index (χ1) is 18.0. The summed E-state index contributed by atoms with van der Waals surface area (Å²) in [5, 5.41) is 7.19. The van der Waals surface area contributed by atoms with Crippen LogP contribution in [0.25, 0.3) is 0 Å². The van der Waals surface area contributed by atoms with E-state index in [1.807, 2.05) is 0 Å². The van der Waals surface area contributed by atoms with Gasteiger partial charge in [0.15, 0.2) is 11.5 Å². The molecule has 2 aromatic rings. The maximum Gasteiger partial charge on any atom is 0.165 e. The summed E-state index contributed by atoms with van der Waals surface area (Å²) in [6.45, 7) is 6.50. The monoisotopic (exact) mass is 512 g/mol. The molecular weight excluding hydrogens is 460 g/mol. The van der Waals surface area contributed by atoms with Crippen molar-refractivity contribution in [1.29, 1.82) is 0 Å². The maximum atomic E-state index is 6.34. The van der Waals surface area contributed by atoms with Crippen molar-refractivity contribution in [2.75, 3.05) is 68.1 Å². The number of aryl methyl sites for hydroxylation is 1. The molecule has 208 valence electrons. The van der Waals surface area contributed by atoms with Crippen LogP contribution in [0, 0.1) is 0 Å². The number of methoxy groups -OCH3 is 1. The predicted molar refractivity (Wildman–Crippen MR) is 157 cm³/mol. The van der Waals surface area contributed by atoms with E-state index in [-0.39, 0.29) is 0 Å². The van der Waals surface area contributed by atoms with Crippen LogP contribution in [0.3, 0.4) is 0 Å². The van der Waals surface area contributed by atoms with Crippen molar-refractivity contribution in [3.63, 3.8) is 0 Å². The highest BCUT2D eigenvalue weighted by Gasteiger charge is 2.14. The van der Waals surface area contributed by atoms with Gasteiger partial charge in [-0.2, -0.15) is 0 Å². The molecule has 0 bridgehead atoms. The number of nitrogens with one attached hydrogen (secondary N) is 2. The summed E-state index contributed by atoms with van der Waals surface area (Å²) in [6, 6.07) is 15.2. The van der Waals surface area contributed by atoms with Crippen LogP contribution in [-0.2, 0) is 19.5 Å². The van der Waals surface area contributed by atoms with Crippen molar-refractivity contribution < 1.29 is 9.47 Å². The lowest BCUT2D eigenvalue weighted by molar-refractivity contribution is 0.281. The SMILES string of the molecule is COc1cc(CNCCCN(C)C)cc(CNCCCN(C)C)c1OCCCCCCc1ccccc1. The molecule has 0 aliphatic carbocycles. The molecule has 0 saturated heterocycles. The molecule has 0 spiro atoms. The number of hydrogen-bond acceptors (Lipinski definition) is 6. The Bertz CT molecular complexity index is 843. The van der Waals surface area contributed by atoms with E-state index < -0.39 is 0 Å². The zero-order valence-electron chi connectivity index (χ0n) is 24.2. The summed E-state index contributed by atoms with van der Waals surface area (Å²) >= 11 is 0. The molecule has 6 nitrogen and oxygen atoms in total. The predicted octanol–water partition coefficient (Wildman–Crippen LogP) is 4.96. The van der Waals surface area contributed by atoms with Crippen LogP contribution < -0.4 is 20.1 Å². The van der Waals surface area contributed by atoms with E-state index in [2.05, 4.69) is 91.1 Å². The van der Waals surface area contributed by atoms with Crippen LogP contribution in [0.2, 0.25) is 0 Å². The van der Waals surface area contributed by atoms with Crippen molar-refractivity contribution in [2.45, 2.75) is 58.0 Å². The van der Waals surface area contributed by atoms with E-state index >= 15 is 0 Å². The number of hydrogen-bond donors (Lipinski definition) is 2. The molecule has 6 heteroatoms. The average molecular weight is 513 g/mol. The molecule has 37 heavy (non-hydrogen) atoms. The first-order valence-corrected chi connectivity index (χ1v) is 14.1. The maximum absolute atomic E-state index is 6.34. The van der Waals surface area contributed by atoms with E-state index in [4.69, 9.17) is 9.47 Å².